The Kier molecular flexibility index (Phi) is 5.47. The third kappa shape index (κ3) is 3.93. The molecule has 130 valence electrons. The normalized spacial score (nSPS) is 18.0. The number of fused-ring (bicyclic) bond motifs is 1. The van der Waals surface area contributed by atoms with Crippen molar-refractivity contribution in [3.05, 3.63) is 34.0 Å². The van der Waals surface area contributed by atoms with Gasteiger partial charge in [-0.1, -0.05) is 13.0 Å². The molecule has 3 rings (SSSR count). The number of nitrogens with one attached hydrogen (secondary N) is 2. The number of carbonyl (C=O) groups is 1. The number of thiophene rings is 1. The second-order valence-electron chi connectivity index (χ2n) is 6.01. The SMILES string of the molecule is COCc1nc2n(n1)CCC[C@@H]2NC(=O)NC[C@H](C)c1cccs1. The van der Waals surface area contributed by atoms with Crippen molar-refractivity contribution in [2.75, 3.05) is 13.7 Å². The minimum absolute atomic E-state index is 0.103. The summed E-state index contributed by atoms with van der Waals surface area (Å²) in [6.45, 7) is 3.94. The Balaban J connectivity index is 1.55. The number of methoxy groups -OCH3 is 1. The van der Waals surface area contributed by atoms with Crippen LogP contribution in [0, 0.1) is 0 Å². The van der Waals surface area contributed by atoms with E-state index in [2.05, 4.69) is 39.1 Å². The summed E-state index contributed by atoms with van der Waals surface area (Å²) in [6.07, 6.45) is 1.85. The largest absolute Gasteiger partial charge is 0.377 e. The summed E-state index contributed by atoms with van der Waals surface area (Å²) in [7, 11) is 1.62. The van der Waals surface area contributed by atoms with Crippen molar-refractivity contribution in [3.63, 3.8) is 0 Å². The number of urea groups is 1. The van der Waals surface area contributed by atoms with Gasteiger partial charge in [0.2, 0.25) is 0 Å². The fourth-order valence-corrected chi connectivity index (χ4v) is 3.64. The van der Waals surface area contributed by atoms with E-state index < -0.39 is 0 Å². The molecule has 2 amide bonds. The summed E-state index contributed by atoms with van der Waals surface area (Å²) in [6, 6.07) is 3.86. The molecule has 0 fully saturated rings. The zero-order valence-electron chi connectivity index (χ0n) is 14.0. The van der Waals surface area contributed by atoms with Gasteiger partial charge in [0.15, 0.2) is 5.82 Å². The molecular formula is C16H23N5O2S. The quantitative estimate of drug-likeness (QED) is 0.839. The number of hydrogen-bond donors (Lipinski definition) is 2. The van der Waals surface area contributed by atoms with Crippen LogP contribution in [-0.4, -0.2) is 34.5 Å². The van der Waals surface area contributed by atoms with Crippen LogP contribution in [0.1, 0.15) is 48.3 Å². The van der Waals surface area contributed by atoms with E-state index in [-0.39, 0.29) is 12.1 Å². The van der Waals surface area contributed by atoms with Crippen molar-refractivity contribution < 1.29 is 9.53 Å². The summed E-state index contributed by atoms with van der Waals surface area (Å²) in [5.74, 6) is 1.78. The Hall–Kier alpha value is -1.93. The summed E-state index contributed by atoms with van der Waals surface area (Å²) in [5, 5.41) is 12.4. The lowest BCUT2D eigenvalue weighted by molar-refractivity contribution is 0.177. The second-order valence-corrected chi connectivity index (χ2v) is 6.99. The highest BCUT2D eigenvalue weighted by molar-refractivity contribution is 7.10. The average molecular weight is 349 g/mol. The maximum absolute atomic E-state index is 12.2. The number of amides is 2. The number of aromatic nitrogens is 3. The van der Waals surface area contributed by atoms with Crippen LogP contribution in [-0.2, 0) is 17.9 Å². The van der Waals surface area contributed by atoms with Crippen LogP contribution in [0.15, 0.2) is 17.5 Å². The van der Waals surface area contributed by atoms with E-state index in [0.29, 0.717) is 24.9 Å². The molecule has 2 aromatic rings. The minimum atomic E-state index is -0.159. The highest BCUT2D eigenvalue weighted by Gasteiger charge is 2.25. The van der Waals surface area contributed by atoms with E-state index >= 15 is 0 Å². The molecule has 8 heteroatoms. The maximum Gasteiger partial charge on any atom is 0.315 e. The van der Waals surface area contributed by atoms with E-state index in [1.807, 2.05) is 10.7 Å². The second kappa shape index (κ2) is 7.76. The molecule has 0 unspecified atom stereocenters. The van der Waals surface area contributed by atoms with Crippen LogP contribution in [0.4, 0.5) is 4.79 Å². The smallest absolute Gasteiger partial charge is 0.315 e. The zero-order chi connectivity index (χ0) is 16.9. The molecule has 3 heterocycles. The molecule has 2 atom stereocenters. The van der Waals surface area contributed by atoms with Gasteiger partial charge >= 0.3 is 6.03 Å². The van der Waals surface area contributed by atoms with Gasteiger partial charge in [0.25, 0.3) is 0 Å². The number of rotatable bonds is 6. The molecule has 24 heavy (non-hydrogen) atoms. The Morgan fingerprint density at radius 1 is 1.58 bits per heavy atom. The standard InChI is InChI=1S/C16H23N5O2S/c1-11(13-6-4-8-24-13)9-17-16(22)18-12-5-3-7-21-15(12)19-14(20-21)10-23-2/h4,6,8,11-12H,3,5,7,9-10H2,1-2H3,(H2,17,18,22)/t11-,12-/m0/s1. The van der Waals surface area contributed by atoms with Gasteiger partial charge in [-0.25, -0.2) is 14.5 Å². The molecule has 2 N–H and O–H groups in total. The molecule has 0 radical (unpaired) electrons. The van der Waals surface area contributed by atoms with E-state index in [1.165, 1.54) is 4.88 Å². The number of carbonyl (C=O) groups excluding carboxylic acids is 1. The van der Waals surface area contributed by atoms with Crippen LogP contribution >= 0.6 is 11.3 Å². The molecule has 0 spiro atoms. The molecule has 1 aliphatic heterocycles. The van der Waals surface area contributed by atoms with Gasteiger partial charge in [-0.2, -0.15) is 5.10 Å². The lowest BCUT2D eigenvalue weighted by Crippen LogP contribution is -2.41. The monoisotopic (exact) mass is 349 g/mol. The molecular weight excluding hydrogens is 326 g/mol. The summed E-state index contributed by atoms with van der Waals surface area (Å²) < 4.78 is 6.96. The van der Waals surface area contributed by atoms with Crippen molar-refractivity contribution in [3.8, 4) is 0 Å². The Morgan fingerprint density at radius 3 is 3.21 bits per heavy atom. The molecule has 7 nitrogen and oxygen atoms in total. The Labute approximate surface area is 145 Å². The first-order valence-corrected chi connectivity index (χ1v) is 9.05. The van der Waals surface area contributed by atoms with Crippen LogP contribution in [0.25, 0.3) is 0 Å². The number of hydrogen-bond acceptors (Lipinski definition) is 5. The van der Waals surface area contributed by atoms with Crippen molar-refractivity contribution in [2.45, 2.75) is 44.9 Å². The van der Waals surface area contributed by atoms with E-state index in [1.54, 1.807) is 18.4 Å². The van der Waals surface area contributed by atoms with E-state index in [9.17, 15) is 4.79 Å². The van der Waals surface area contributed by atoms with E-state index in [0.717, 1.165) is 25.2 Å². The third-order valence-corrected chi connectivity index (χ3v) is 5.20. The first-order chi connectivity index (χ1) is 11.7. The topological polar surface area (TPSA) is 81.1 Å². The van der Waals surface area contributed by atoms with Crippen molar-refractivity contribution >= 4 is 17.4 Å². The van der Waals surface area contributed by atoms with Crippen molar-refractivity contribution in [1.29, 1.82) is 0 Å². The molecule has 0 aromatic carbocycles. The number of aryl methyl sites for hydroxylation is 1. The highest BCUT2D eigenvalue weighted by atomic mass is 32.1. The molecule has 0 bridgehead atoms. The van der Waals surface area contributed by atoms with Gasteiger partial charge in [0.05, 0.1) is 6.04 Å². The van der Waals surface area contributed by atoms with Gasteiger partial charge in [-0.3, -0.25) is 0 Å². The predicted octanol–water partition coefficient (Wildman–Crippen LogP) is 2.42. The molecule has 1 aliphatic rings. The number of nitrogens with zero attached hydrogens (tertiary/aromatic N) is 3. The Bertz CT molecular complexity index is 670. The average Bonchev–Trinajstić information content (AvgIpc) is 3.22. The fraction of sp³-hybridized carbons (Fsp3) is 0.562. The third-order valence-electron chi connectivity index (χ3n) is 4.10. The summed E-state index contributed by atoms with van der Waals surface area (Å²) >= 11 is 1.71. The van der Waals surface area contributed by atoms with Crippen molar-refractivity contribution in [1.82, 2.24) is 25.4 Å². The lowest BCUT2D eigenvalue weighted by Gasteiger charge is -2.23. The van der Waals surface area contributed by atoms with Crippen LogP contribution in [0.5, 0.6) is 0 Å². The molecule has 0 saturated carbocycles. The minimum Gasteiger partial charge on any atom is -0.377 e. The van der Waals surface area contributed by atoms with Crippen molar-refractivity contribution in [2.24, 2.45) is 0 Å². The zero-order valence-corrected chi connectivity index (χ0v) is 14.8. The van der Waals surface area contributed by atoms with Gasteiger partial charge in [0.1, 0.15) is 12.4 Å². The van der Waals surface area contributed by atoms with E-state index in [4.69, 9.17) is 4.74 Å². The van der Waals surface area contributed by atoms with Gasteiger partial charge in [-0.05, 0) is 24.3 Å². The maximum atomic E-state index is 12.2. The molecule has 0 saturated heterocycles. The Morgan fingerprint density at radius 2 is 2.46 bits per heavy atom. The number of ether oxygens (including phenoxy) is 1. The first kappa shape index (κ1) is 16.9. The molecule has 2 aromatic heterocycles. The fourth-order valence-electron chi connectivity index (χ4n) is 2.85. The highest BCUT2D eigenvalue weighted by Crippen LogP contribution is 2.23. The summed E-state index contributed by atoms with van der Waals surface area (Å²) in [5.41, 5.74) is 0. The van der Waals surface area contributed by atoms with Crippen LogP contribution in [0.3, 0.4) is 0 Å². The first-order valence-electron chi connectivity index (χ1n) is 8.17. The molecule has 0 aliphatic carbocycles. The van der Waals surface area contributed by atoms with Crippen LogP contribution in [0.2, 0.25) is 0 Å². The van der Waals surface area contributed by atoms with Gasteiger partial charge in [-0.15, -0.1) is 11.3 Å². The lowest BCUT2D eigenvalue weighted by atomic mass is 10.1. The summed E-state index contributed by atoms with van der Waals surface area (Å²) in [4.78, 5) is 18.0. The van der Waals surface area contributed by atoms with Gasteiger partial charge < -0.3 is 15.4 Å². The van der Waals surface area contributed by atoms with Gasteiger partial charge in [0, 0.05) is 31.0 Å². The van der Waals surface area contributed by atoms with Crippen LogP contribution < -0.4 is 10.6 Å². The predicted molar refractivity (Wildman–Crippen MR) is 92.0 cm³/mol.